The molecule has 0 saturated carbocycles. The van der Waals surface area contributed by atoms with Crippen LogP contribution in [0.15, 0.2) is 34.9 Å². The summed E-state index contributed by atoms with van der Waals surface area (Å²) in [5, 5.41) is 0. The highest BCUT2D eigenvalue weighted by Crippen LogP contribution is 2.27. The van der Waals surface area contributed by atoms with Crippen LogP contribution in [0.5, 0.6) is 0 Å². The zero-order valence-corrected chi connectivity index (χ0v) is 11.6. The van der Waals surface area contributed by atoms with Crippen LogP contribution in [-0.2, 0) is 18.0 Å². The summed E-state index contributed by atoms with van der Waals surface area (Å²) in [6.07, 6.45) is 1.75. The first-order chi connectivity index (χ1) is 9.29. The molecular weight excluding hydrogens is 306 g/mol. The van der Waals surface area contributed by atoms with Crippen LogP contribution < -0.4 is 0 Å². The number of ether oxygens (including phenoxy) is 1. The van der Waals surface area contributed by atoms with E-state index in [0.29, 0.717) is 13.2 Å². The standard InChI is InChI=1S/C14H10BrN3O/c15-11-4-12-14(16-5-11)18-13(17-12)8-1-2-9-6-19-7-10(9)3-8/h1-5H,6-7H2,(H,16,17,18). The molecule has 1 aliphatic rings. The number of fused-ring (bicyclic) bond motifs is 2. The molecule has 0 atom stereocenters. The number of H-pyrrole nitrogens is 1. The van der Waals surface area contributed by atoms with Gasteiger partial charge in [0.15, 0.2) is 5.65 Å². The first-order valence-electron chi connectivity index (χ1n) is 6.01. The van der Waals surface area contributed by atoms with Crippen molar-refractivity contribution in [3.05, 3.63) is 46.1 Å². The van der Waals surface area contributed by atoms with Crippen LogP contribution in [0.4, 0.5) is 0 Å². The van der Waals surface area contributed by atoms with E-state index in [4.69, 9.17) is 4.74 Å². The number of hydrogen-bond acceptors (Lipinski definition) is 3. The molecule has 0 bridgehead atoms. The van der Waals surface area contributed by atoms with E-state index >= 15 is 0 Å². The number of aromatic nitrogens is 3. The third-order valence-corrected chi connectivity index (χ3v) is 3.73. The molecule has 5 heteroatoms. The minimum absolute atomic E-state index is 0.688. The Morgan fingerprint density at radius 1 is 1.16 bits per heavy atom. The van der Waals surface area contributed by atoms with Gasteiger partial charge in [-0.05, 0) is 39.2 Å². The fourth-order valence-electron chi connectivity index (χ4n) is 2.33. The van der Waals surface area contributed by atoms with Crippen molar-refractivity contribution >= 4 is 27.1 Å². The van der Waals surface area contributed by atoms with E-state index in [0.717, 1.165) is 27.0 Å². The van der Waals surface area contributed by atoms with Crippen LogP contribution >= 0.6 is 15.9 Å². The van der Waals surface area contributed by atoms with Crippen LogP contribution in [0.1, 0.15) is 11.1 Å². The second kappa shape index (κ2) is 4.15. The second-order valence-electron chi connectivity index (χ2n) is 4.59. The summed E-state index contributed by atoms with van der Waals surface area (Å²) >= 11 is 3.41. The Morgan fingerprint density at radius 3 is 3.00 bits per heavy atom. The maximum absolute atomic E-state index is 5.43. The van der Waals surface area contributed by atoms with Gasteiger partial charge in [-0.2, -0.15) is 0 Å². The van der Waals surface area contributed by atoms with Crippen molar-refractivity contribution in [2.45, 2.75) is 13.2 Å². The van der Waals surface area contributed by atoms with Crippen molar-refractivity contribution in [3.63, 3.8) is 0 Å². The Hall–Kier alpha value is -1.72. The zero-order valence-electron chi connectivity index (χ0n) is 9.98. The van der Waals surface area contributed by atoms with Gasteiger partial charge in [-0.15, -0.1) is 0 Å². The highest BCUT2D eigenvalue weighted by molar-refractivity contribution is 9.10. The zero-order chi connectivity index (χ0) is 12.8. The molecule has 3 aromatic rings. The lowest BCUT2D eigenvalue weighted by atomic mass is 10.1. The van der Waals surface area contributed by atoms with E-state index in [2.05, 4.69) is 49.1 Å². The van der Waals surface area contributed by atoms with Crippen molar-refractivity contribution in [3.8, 4) is 11.4 Å². The Morgan fingerprint density at radius 2 is 2.05 bits per heavy atom. The van der Waals surface area contributed by atoms with Gasteiger partial charge in [0.05, 0.1) is 18.7 Å². The number of benzene rings is 1. The van der Waals surface area contributed by atoms with Crippen LogP contribution in [0.25, 0.3) is 22.6 Å². The van der Waals surface area contributed by atoms with Crippen LogP contribution in [0.3, 0.4) is 0 Å². The molecule has 0 spiro atoms. The first-order valence-corrected chi connectivity index (χ1v) is 6.80. The predicted molar refractivity (Wildman–Crippen MR) is 75.5 cm³/mol. The van der Waals surface area contributed by atoms with Crippen molar-refractivity contribution < 1.29 is 4.74 Å². The van der Waals surface area contributed by atoms with Crippen molar-refractivity contribution in [1.29, 1.82) is 0 Å². The third kappa shape index (κ3) is 1.86. The Kier molecular flexibility index (Phi) is 2.43. The minimum atomic E-state index is 0.688. The fourth-order valence-corrected chi connectivity index (χ4v) is 2.66. The average Bonchev–Trinajstić information content (AvgIpc) is 3.02. The molecule has 0 amide bonds. The van der Waals surface area contributed by atoms with Gasteiger partial charge in [-0.1, -0.05) is 12.1 Å². The lowest BCUT2D eigenvalue weighted by Crippen LogP contribution is -1.86. The number of nitrogens with zero attached hydrogens (tertiary/aromatic N) is 2. The minimum Gasteiger partial charge on any atom is -0.372 e. The number of aromatic amines is 1. The van der Waals surface area contributed by atoms with Crippen molar-refractivity contribution in [2.24, 2.45) is 0 Å². The van der Waals surface area contributed by atoms with Gasteiger partial charge in [0.1, 0.15) is 5.82 Å². The van der Waals surface area contributed by atoms with Crippen LogP contribution in [-0.4, -0.2) is 15.0 Å². The largest absolute Gasteiger partial charge is 0.372 e. The molecule has 19 heavy (non-hydrogen) atoms. The molecule has 0 fully saturated rings. The Balaban J connectivity index is 1.85. The first kappa shape index (κ1) is 11.1. The van der Waals surface area contributed by atoms with E-state index in [1.165, 1.54) is 11.1 Å². The van der Waals surface area contributed by atoms with E-state index in [1.807, 2.05) is 6.07 Å². The molecule has 0 radical (unpaired) electrons. The smallest absolute Gasteiger partial charge is 0.178 e. The van der Waals surface area contributed by atoms with Crippen molar-refractivity contribution in [1.82, 2.24) is 15.0 Å². The normalized spacial score (nSPS) is 13.9. The Bertz CT molecular complexity index is 781. The van der Waals surface area contributed by atoms with E-state index in [-0.39, 0.29) is 0 Å². The van der Waals surface area contributed by atoms with Gasteiger partial charge in [0, 0.05) is 16.2 Å². The molecule has 2 aromatic heterocycles. The molecule has 1 aromatic carbocycles. The summed E-state index contributed by atoms with van der Waals surface area (Å²) in [5.41, 5.74) is 5.24. The average molecular weight is 316 g/mol. The number of rotatable bonds is 1. The van der Waals surface area contributed by atoms with E-state index < -0.39 is 0 Å². The van der Waals surface area contributed by atoms with E-state index in [1.54, 1.807) is 6.20 Å². The van der Waals surface area contributed by atoms with Crippen molar-refractivity contribution in [2.75, 3.05) is 0 Å². The molecule has 1 N–H and O–H groups in total. The predicted octanol–water partition coefficient (Wildman–Crippen LogP) is 3.42. The molecule has 94 valence electrons. The number of pyridine rings is 1. The monoisotopic (exact) mass is 315 g/mol. The molecular formula is C14H10BrN3O. The topological polar surface area (TPSA) is 50.8 Å². The summed E-state index contributed by atoms with van der Waals surface area (Å²) in [5.74, 6) is 0.843. The van der Waals surface area contributed by atoms with Crippen LogP contribution in [0, 0.1) is 0 Å². The molecule has 0 aliphatic carbocycles. The molecule has 4 rings (SSSR count). The van der Waals surface area contributed by atoms with E-state index in [9.17, 15) is 0 Å². The summed E-state index contributed by atoms with van der Waals surface area (Å²) in [6.45, 7) is 1.40. The van der Waals surface area contributed by atoms with Gasteiger partial charge < -0.3 is 9.72 Å². The fraction of sp³-hybridized carbons (Fsp3) is 0.143. The maximum Gasteiger partial charge on any atom is 0.178 e. The third-order valence-electron chi connectivity index (χ3n) is 3.30. The highest BCUT2D eigenvalue weighted by atomic mass is 79.9. The number of halogens is 1. The maximum atomic E-state index is 5.43. The summed E-state index contributed by atoms with van der Waals surface area (Å²) in [6, 6.07) is 8.29. The molecule has 0 saturated heterocycles. The van der Waals surface area contributed by atoms with Gasteiger partial charge in [-0.3, -0.25) is 0 Å². The molecule has 4 nitrogen and oxygen atoms in total. The lowest BCUT2D eigenvalue weighted by Gasteiger charge is -2.00. The highest BCUT2D eigenvalue weighted by Gasteiger charge is 2.13. The number of nitrogens with one attached hydrogen (secondary N) is 1. The van der Waals surface area contributed by atoms with Gasteiger partial charge in [-0.25, -0.2) is 9.97 Å². The van der Waals surface area contributed by atoms with Gasteiger partial charge >= 0.3 is 0 Å². The quantitative estimate of drug-likeness (QED) is 0.748. The number of imidazole rings is 1. The SMILES string of the molecule is Brc1cnc2nc(-c3ccc4c(c3)COC4)[nH]c2c1. The summed E-state index contributed by atoms with van der Waals surface area (Å²) in [4.78, 5) is 12.1. The molecule has 1 aliphatic heterocycles. The second-order valence-corrected chi connectivity index (χ2v) is 5.50. The van der Waals surface area contributed by atoms with Gasteiger partial charge in [0.25, 0.3) is 0 Å². The van der Waals surface area contributed by atoms with Crippen LogP contribution in [0.2, 0.25) is 0 Å². The number of hydrogen-bond donors (Lipinski definition) is 1. The van der Waals surface area contributed by atoms with Gasteiger partial charge in [0.2, 0.25) is 0 Å². The lowest BCUT2D eigenvalue weighted by molar-refractivity contribution is 0.134. The summed E-state index contributed by atoms with van der Waals surface area (Å²) in [7, 11) is 0. The Labute approximate surface area is 118 Å². The molecule has 0 unspecified atom stereocenters. The summed E-state index contributed by atoms with van der Waals surface area (Å²) < 4.78 is 6.37. The molecule has 3 heterocycles.